The number of rotatable bonds is 5. The van der Waals surface area contributed by atoms with Crippen molar-refractivity contribution >= 4 is 11.8 Å². The lowest BCUT2D eigenvalue weighted by Gasteiger charge is -2.32. The van der Waals surface area contributed by atoms with E-state index in [4.69, 9.17) is 9.47 Å². The van der Waals surface area contributed by atoms with Gasteiger partial charge >= 0.3 is 0 Å². The van der Waals surface area contributed by atoms with Crippen molar-refractivity contribution in [2.24, 2.45) is 5.92 Å². The molecule has 0 aliphatic carbocycles. The molecule has 0 saturated carbocycles. The maximum absolute atomic E-state index is 13.1. The van der Waals surface area contributed by atoms with Crippen LogP contribution in [0, 0.1) is 5.92 Å². The molecule has 31 heavy (non-hydrogen) atoms. The number of piperidine rings is 1. The van der Waals surface area contributed by atoms with Gasteiger partial charge in [-0.3, -0.25) is 9.59 Å². The van der Waals surface area contributed by atoms with E-state index in [0.717, 1.165) is 17.0 Å². The average Bonchev–Trinajstić information content (AvgIpc) is 3.21. The Morgan fingerprint density at radius 2 is 1.90 bits per heavy atom. The molecule has 2 aliphatic rings. The highest BCUT2D eigenvalue weighted by atomic mass is 16.5. The summed E-state index contributed by atoms with van der Waals surface area (Å²) in [7, 11) is 1.64. The van der Waals surface area contributed by atoms with Gasteiger partial charge in [-0.05, 0) is 44.4 Å². The Labute approximate surface area is 182 Å². The van der Waals surface area contributed by atoms with Crippen LogP contribution in [0.4, 0.5) is 0 Å². The van der Waals surface area contributed by atoms with Crippen molar-refractivity contribution in [1.82, 2.24) is 19.8 Å². The molecule has 0 bridgehead atoms. The predicted octanol–water partition coefficient (Wildman–Crippen LogP) is 2.54. The molecule has 1 unspecified atom stereocenters. The fourth-order valence-corrected chi connectivity index (χ4v) is 4.22. The van der Waals surface area contributed by atoms with Crippen LogP contribution in [0.25, 0.3) is 0 Å². The third-order valence-electron chi connectivity index (χ3n) is 6.00. The zero-order valence-electron chi connectivity index (χ0n) is 18.3. The van der Waals surface area contributed by atoms with Crippen LogP contribution < -0.4 is 10.1 Å². The molecule has 3 heterocycles. The van der Waals surface area contributed by atoms with Crippen LogP contribution in [0.3, 0.4) is 0 Å². The number of methoxy groups -OCH3 is 1. The standard InChI is InChI=1S/C23H30N4O4/c1-15(2)25-22(28)17-8-10-26(11-9-17)23(29)21-19-13-31-20(12-27(19)14-24-21)16-4-6-18(30-3)7-5-16/h4-7,14-15,17,20H,8-13H2,1-3H3,(H,25,28). The minimum Gasteiger partial charge on any atom is -0.497 e. The Morgan fingerprint density at radius 3 is 2.55 bits per heavy atom. The summed E-state index contributed by atoms with van der Waals surface area (Å²) < 4.78 is 13.3. The summed E-state index contributed by atoms with van der Waals surface area (Å²) in [5.74, 6) is 0.777. The van der Waals surface area contributed by atoms with E-state index < -0.39 is 0 Å². The smallest absolute Gasteiger partial charge is 0.274 e. The van der Waals surface area contributed by atoms with E-state index in [0.29, 0.717) is 44.8 Å². The van der Waals surface area contributed by atoms with Gasteiger partial charge in [0.25, 0.3) is 5.91 Å². The number of aromatic nitrogens is 2. The van der Waals surface area contributed by atoms with Gasteiger partial charge in [-0.2, -0.15) is 0 Å². The number of ether oxygens (including phenoxy) is 2. The van der Waals surface area contributed by atoms with Gasteiger partial charge in [-0.25, -0.2) is 4.98 Å². The van der Waals surface area contributed by atoms with E-state index in [-0.39, 0.29) is 29.9 Å². The highest BCUT2D eigenvalue weighted by molar-refractivity contribution is 5.93. The number of carbonyl (C=O) groups is 2. The molecule has 2 amide bonds. The van der Waals surface area contributed by atoms with Crippen LogP contribution >= 0.6 is 0 Å². The molecule has 8 heteroatoms. The molecule has 8 nitrogen and oxygen atoms in total. The Hall–Kier alpha value is -2.87. The molecule has 2 aromatic rings. The van der Waals surface area contributed by atoms with Gasteiger partial charge in [0, 0.05) is 25.0 Å². The Balaban J connectivity index is 1.38. The number of nitrogens with one attached hydrogen (secondary N) is 1. The van der Waals surface area contributed by atoms with Crippen molar-refractivity contribution in [3.63, 3.8) is 0 Å². The van der Waals surface area contributed by atoms with Crippen molar-refractivity contribution in [1.29, 1.82) is 0 Å². The summed E-state index contributed by atoms with van der Waals surface area (Å²) in [6.45, 7) is 6.00. The van der Waals surface area contributed by atoms with Crippen LogP contribution in [0.5, 0.6) is 5.75 Å². The van der Waals surface area contributed by atoms with E-state index in [9.17, 15) is 9.59 Å². The number of likely N-dealkylation sites (tertiary alicyclic amines) is 1. The normalized spacial score (nSPS) is 19.2. The topological polar surface area (TPSA) is 85.7 Å². The number of nitrogens with zero attached hydrogens (tertiary/aromatic N) is 3. The number of hydrogen-bond donors (Lipinski definition) is 1. The van der Waals surface area contributed by atoms with Gasteiger partial charge in [0.15, 0.2) is 5.69 Å². The highest BCUT2D eigenvalue weighted by Crippen LogP contribution is 2.29. The summed E-state index contributed by atoms with van der Waals surface area (Å²) in [6, 6.07) is 7.96. The third-order valence-corrected chi connectivity index (χ3v) is 6.00. The number of carbonyl (C=O) groups excluding carboxylic acids is 2. The van der Waals surface area contributed by atoms with Crippen LogP contribution in [0.1, 0.15) is 54.5 Å². The van der Waals surface area contributed by atoms with Crippen LogP contribution in [0.15, 0.2) is 30.6 Å². The highest BCUT2D eigenvalue weighted by Gasteiger charge is 2.32. The molecule has 1 fully saturated rings. The molecule has 4 rings (SSSR count). The fraction of sp³-hybridized carbons (Fsp3) is 0.522. The lowest BCUT2D eigenvalue weighted by Crippen LogP contribution is -2.44. The second-order valence-electron chi connectivity index (χ2n) is 8.49. The molecule has 0 spiro atoms. The molecule has 166 valence electrons. The first kappa shape index (κ1) is 21.4. The zero-order valence-corrected chi connectivity index (χ0v) is 18.3. The number of fused-ring (bicyclic) bond motifs is 1. The number of hydrogen-bond acceptors (Lipinski definition) is 5. The molecule has 1 aromatic heterocycles. The van der Waals surface area contributed by atoms with Crippen molar-refractivity contribution in [2.45, 2.75) is 52.0 Å². The molecule has 1 N–H and O–H groups in total. The van der Waals surface area contributed by atoms with Crippen molar-refractivity contribution in [3.8, 4) is 5.75 Å². The molecule has 0 radical (unpaired) electrons. The van der Waals surface area contributed by atoms with Gasteiger partial charge in [0.1, 0.15) is 11.9 Å². The molecule has 1 aromatic carbocycles. The lowest BCUT2D eigenvalue weighted by molar-refractivity contribution is -0.126. The largest absolute Gasteiger partial charge is 0.497 e. The quantitative estimate of drug-likeness (QED) is 0.794. The summed E-state index contributed by atoms with van der Waals surface area (Å²) >= 11 is 0. The number of amides is 2. The SMILES string of the molecule is COc1ccc(C2Cn3cnc(C(=O)N4CCC(C(=O)NC(C)C)CC4)c3CO2)cc1. The Bertz CT molecular complexity index is 930. The minimum atomic E-state index is -0.0919. The maximum Gasteiger partial charge on any atom is 0.274 e. The molecule has 2 aliphatic heterocycles. The van der Waals surface area contributed by atoms with Crippen molar-refractivity contribution < 1.29 is 19.1 Å². The second-order valence-corrected chi connectivity index (χ2v) is 8.49. The molecular weight excluding hydrogens is 396 g/mol. The Kier molecular flexibility index (Phi) is 6.27. The average molecular weight is 427 g/mol. The first-order valence-electron chi connectivity index (χ1n) is 10.9. The third kappa shape index (κ3) is 4.58. The van der Waals surface area contributed by atoms with Crippen LogP contribution in [-0.4, -0.2) is 52.5 Å². The van der Waals surface area contributed by atoms with E-state index in [1.165, 1.54) is 0 Å². The van der Waals surface area contributed by atoms with Crippen LogP contribution in [0.2, 0.25) is 0 Å². The second kappa shape index (κ2) is 9.09. The molecular formula is C23H30N4O4. The summed E-state index contributed by atoms with van der Waals surface area (Å²) in [5, 5.41) is 2.97. The van der Waals surface area contributed by atoms with Gasteiger partial charge in [-0.1, -0.05) is 12.1 Å². The number of imidazole rings is 1. The summed E-state index contributed by atoms with van der Waals surface area (Å²) in [6.07, 6.45) is 2.99. The lowest BCUT2D eigenvalue weighted by atomic mass is 9.95. The maximum atomic E-state index is 13.1. The van der Waals surface area contributed by atoms with Crippen molar-refractivity contribution in [3.05, 3.63) is 47.5 Å². The summed E-state index contributed by atoms with van der Waals surface area (Å²) in [4.78, 5) is 31.5. The van der Waals surface area contributed by atoms with E-state index in [2.05, 4.69) is 10.3 Å². The van der Waals surface area contributed by atoms with E-state index in [1.807, 2.05) is 42.7 Å². The van der Waals surface area contributed by atoms with Crippen LogP contribution in [-0.2, 0) is 22.7 Å². The zero-order chi connectivity index (χ0) is 22.0. The van der Waals surface area contributed by atoms with Gasteiger partial charge in [-0.15, -0.1) is 0 Å². The fourth-order valence-electron chi connectivity index (χ4n) is 4.22. The molecule has 1 atom stereocenters. The summed E-state index contributed by atoms with van der Waals surface area (Å²) in [5.41, 5.74) is 2.34. The Morgan fingerprint density at radius 1 is 1.19 bits per heavy atom. The minimum absolute atomic E-state index is 0.0315. The monoisotopic (exact) mass is 426 g/mol. The van der Waals surface area contributed by atoms with E-state index >= 15 is 0 Å². The molecule has 1 saturated heterocycles. The van der Waals surface area contributed by atoms with Gasteiger partial charge < -0.3 is 24.3 Å². The first-order chi connectivity index (χ1) is 15.0. The van der Waals surface area contributed by atoms with E-state index in [1.54, 1.807) is 18.3 Å². The first-order valence-corrected chi connectivity index (χ1v) is 10.9. The number of benzene rings is 1. The van der Waals surface area contributed by atoms with Gasteiger partial charge in [0.2, 0.25) is 5.91 Å². The van der Waals surface area contributed by atoms with Crippen molar-refractivity contribution in [2.75, 3.05) is 20.2 Å². The van der Waals surface area contributed by atoms with Gasteiger partial charge in [0.05, 0.1) is 32.3 Å². The predicted molar refractivity (Wildman–Crippen MR) is 115 cm³/mol.